The second-order valence-electron chi connectivity index (χ2n) is 4.92. The van der Waals surface area contributed by atoms with Crippen molar-refractivity contribution in [1.82, 2.24) is 5.32 Å². The van der Waals surface area contributed by atoms with E-state index >= 15 is 0 Å². The zero-order valence-electron chi connectivity index (χ0n) is 9.72. The van der Waals surface area contributed by atoms with Crippen molar-refractivity contribution < 1.29 is 0 Å². The molecule has 1 N–H and O–H groups in total. The minimum atomic E-state index is 0.251. The summed E-state index contributed by atoms with van der Waals surface area (Å²) in [4.78, 5) is 0. The standard InChI is InChI=1S/C13H23N/c1-5-12(10(2)3)14-13-9-7-6-8-11(13)4/h1,10-14H,6-9H2,2-4H3. The summed E-state index contributed by atoms with van der Waals surface area (Å²) in [6.45, 7) is 6.71. The van der Waals surface area contributed by atoms with Crippen LogP contribution in [0, 0.1) is 24.2 Å². The molecule has 0 aromatic rings. The fourth-order valence-corrected chi connectivity index (χ4v) is 2.23. The zero-order chi connectivity index (χ0) is 10.6. The highest BCUT2D eigenvalue weighted by Gasteiger charge is 2.23. The van der Waals surface area contributed by atoms with Crippen LogP contribution in [0.2, 0.25) is 0 Å². The van der Waals surface area contributed by atoms with E-state index in [1.807, 2.05) is 0 Å². The molecule has 1 saturated carbocycles. The Balaban J connectivity index is 2.45. The minimum absolute atomic E-state index is 0.251. The van der Waals surface area contributed by atoms with Crippen molar-refractivity contribution in [3.63, 3.8) is 0 Å². The molecule has 0 saturated heterocycles. The molecule has 1 fully saturated rings. The fraction of sp³-hybridized carbons (Fsp3) is 0.846. The van der Waals surface area contributed by atoms with Crippen molar-refractivity contribution in [2.24, 2.45) is 11.8 Å². The van der Waals surface area contributed by atoms with Crippen LogP contribution < -0.4 is 5.32 Å². The Kier molecular flexibility index (Phi) is 4.48. The van der Waals surface area contributed by atoms with Crippen LogP contribution in [0.5, 0.6) is 0 Å². The lowest BCUT2D eigenvalue weighted by atomic mass is 9.85. The molecule has 0 aliphatic heterocycles. The van der Waals surface area contributed by atoms with Crippen molar-refractivity contribution in [3.05, 3.63) is 0 Å². The van der Waals surface area contributed by atoms with Gasteiger partial charge in [0.15, 0.2) is 0 Å². The first-order chi connectivity index (χ1) is 6.65. The first kappa shape index (κ1) is 11.6. The molecule has 3 atom stereocenters. The summed E-state index contributed by atoms with van der Waals surface area (Å²) in [5.41, 5.74) is 0. The van der Waals surface area contributed by atoms with Gasteiger partial charge in [0, 0.05) is 6.04 Å². The molecule has 14 heavy (non-hydrogen) atoms. The largest absolute Gasteiger partial charge is 0.300 e. The Hall–Kier alpha value is -0.480. The fourth-order valence-electron chi connectivity index (χ4n) is 2.23. The van der Waals surface area contributed by atoms with Gasteiger partial charge in [0.05, 0.1) is 6.04 Å². The van der Waals surface area contributed by atoms with Gasteiger partial charge in [-0.2, -0.15) is 0 Å². The van der Waals surface area contributed by atoms with E-state index in [1.165, 1.54) is 25.7 Å². The quantitative estimate of drug-likeness (QED) is 0.680. The number of hydrogen-bond acceptors (Lipinski definition) is 1. The molecule has 0 heterocycles. The van der Waals surface area contributed by atoms with Gasteiger partial charge in [0.2, 0.25) is 0 Å². The van der Waals surface area contributed by atoms with Gasteiger partial charge in [-0.25, -0.2) is 0 Å². The van der Waals surface area contributed by atoms with Crippen LogP contribution in [0.4, 0.5) is 0 Å². The van der Waals surface area contributed by atoms with Crippen molar-refractivity contribution in [3.8, 4) is 12.3 Å². The maximum Gasteiger partial charge on any atom is 0.0712 e. The molecule has 1 aliphatic rings. The lowest BCUT2D eigenvalue weighted by molar-refractivity contribution is 0.256. The summed E-state index contributed by atoms with van der Waals surface area (Å²) in [6, 6.07) is 0.896. The van der Waals surface area contributed by atoms with Crippen LogP contribution in [0.25, 0.3) is 0 Å². The summed E-state index contributed by atoms with van der Waals surface area (Å²) >= 11 is 0. The molecule has 0 radical (unpaired) electrons. The van der Waals surface area contributed by atoms with Crippen LogP contribution >= 0.6 is 0 Å². The predicted octanol–water partition coefficient (Wildman–Crippen LogP) is 2.81. The average Bonchev–Trinajstić information content (AvgIpc) is 2.16. The maximum absolute atomic E-state index is 5.52. The van der Waals surface area contributed by atoms with E-state index in [4.69, 9.17) is 6.42 Å². The van der Waals surface area contributed by atoms with Crippen molar-refractivity contribution in [2.75, 3.05) is 0 Å². The van der Waals surface area contributed by atoms with E-state index in [1.54, 1.807) is 0 Å². The molecule has 0 aromatic carbocycles. The molecule has 1 rings (SSSR count). The highest BCUT2D eigenvalue weighted by atomic mass is 15.0. The number of nitrogens with one attached hydrogen (secondary N) is 1. The first-order valence-corrected chi connectivity index (χ1v) is 5.87. The number of rotatable bonds is 3. The van der Waals surface area contributed by atoms with Crippen molar-refractivity contribution in [1.29, 1.82) is 0 Å². The lowest BCUT2D eigenvalue weighted by Gasteiger charge is -2.33. The topological polar surface area (TPSA) is 12.0 Å². The summed E-state index contributed by atoms with van der Waals surface area (Å²) in [6.07, 6.45) is 10.9. The predicted molar refractivity (Wildman–Crippen MR) is 62.0 cm³/mol. The van der Waals surface area contributed by atoms with E-state index in [2.05, 4.69) is 32.0 Å². The molecular weight excluding hydrogens is 170 g/mol. The molecule has 0 amide bonds. The number of terminal acetylenes is 1. The summed E-state index contributed by atoms with van der Waals surface area (Å²) < 4.78 is 0. The molecule has 0 spiro atoms. The second kappa shape index (κ2) is 5.41. The average molecular weight is 193 g/mol. The lowest BCUT2D eigenvalue weighted by Crippen LogP contribution is -2.45. The third-order valence-corrected chi connectivity index (χ3v) is 3.35. The van der Waals surface area contributed by atoms with Crippen molar-refractivity contribution >= 4 is 0 Å². The van der Waals surface area contributed by atoms with Gasteiger partial charge in [0.1, 0.15) is 0 Å². The highest BCUT2D eigenvalue weighted by molar-refractivity contribution is 5.02. The van der Waals surface area contributed by atoms with E-state index in [0.29, 0.717) is 12.0 Å². The first-order valence-electron chi connectivity index (χ1n) is 5.87. The molecule has 1 nitrogen and oxygen atoms in total. The van der Waals surface area contributed by atoms with Crippen molar-refractivity contribution in [2.45, 2.75) is 58.5 Å². The van der Waals surface area contributed by atoms with Crippen LogP contribution in [0.15, 0.2) is 0 Å². The van der Waals surface area contributed by atoms with E-state index < -0.39 is 0 Å². The van der Waals surface area contributed by atoms with Gasteiger partial charge >= 0.3 is 0 Å². The molecule has 3 unspecified atom stereocenters. The molecular formula is C13H23N. The summed E-state index contributed by atoms with van der Waals surface area (Å²) in [7, 11) is 0. The van der Waals surface area contributed by atoms with Gasteiger partial charge in [-0.05, 0) is 24.7 Å². The van der Waals surface area contributed by atoms with E-state index in [9.17, 15) is 0 Å². The van der Waals surface area contributed by atoms with Gasteiger partial charge < -0.3 is 5.32 Å². The Morgan fingerprint density at radius 2 is 1.93 bits per heavy atom. The van der Waals surface area contributed by atoms with Crippen LogP contribution in [-0.2, 0) is 0 Å². The third kappa shape index (κ3) is 3.03. The van der Waals surface area contributed by atoms with Gasteiger partial charge in [-0.15, -0.1) is 6.42 Å². The highest BCUT2D eigenvalue weighted by Crippen LogP contribution is 2.24. The van der Waals surface area contributed by atoms with E-state index in [-0.39, 0.29) is 6.04 Å². The maximum atomic E-state index is 5.52. The van der Waals surface area contributed by atoms with Crippen LogP contribution in [0.3, 0.4) is 0 Å². The third-order valence-electron chi connectivity index (χ3n) is 3.35. The Morgan fingerprint density at radius 3 is 2.43 bits per heavy atom. The SMILES string of the molecule is C#CC(NC1CCCCC1C)C(C)C. The molecule has 80 valence electrons. The second-order valence-corrected chi connectivity index (χ2v) is 4.92. The summed E-state index contributed by atoms with van der Waals surface area (Å²) in [5.74, 6) is 4.18. The van der Waals surface area contributed by atoms with Gasteiger partial charge in [-0.3, -0.25) is 0 Å². The monoisotopic (exact) mass is 193 g/mol. The Morgan fingerprint density at radius 1 is 1.29 bits per heavy atom. The Bertz CT molecular complexity index is 202. The molecule has 0 bridgehead atoms. The normalized spacial score (nSPS) is 29.9. The summed E-state index contributed by atoms with van der Waals surface area (Å²) in [5, 5.41) is 3.62. The number of hydrogen-bond donors (Lipinski definition) is 1. The van der Waals surface area contributed by atoms with Crippen LogP contribution in [-0.4, -0.2) is 12.1 Å². The molecule has 1 heteroatoms. The Labute approximate surface area is 88.7 Å². The van der Waals surface area contributed by atoms with Crippen LogP contribution in [0.1, 0.15) is 46.5 Å². The van der Waals surface area contributed by atoms with Gasteiger partial charge in [0.25, 0.3) is 0 Å². The van der Waals surface area contributed by atoms with Gasteiger partial charge in [-0.1, -0.05) is 39.5 Å². The van der Waals surface area contributed by atoms with E-state index in [0.717, 1.165) is 5.92 Å². The smallest absolute Gasteiger partial charge is 0.0712 e. The minimum Gasteiger partial charge on any atom is -0.300 e. The zero-order valence-corrected chi connectivity index (χ0v) is 9.72. The molecule has 1 aliphatic carbocycles. The molecule has 0 aromatic heterocycles.